The highest BCUT2D eigenvalue weighted by molar-refractivity contribution is 5.02. The van der Waals surface area contributed by atoms with E-state index in [1.54, 1.807) is 0 Å². The Bertz CT molecular complexity index is 334. The first-order chi connectivity index (χ1) is 9.22. The van der Waals surface area contributed by atoms with Gasteiger partial charge in [-0.2, -0.15) is 0 Å². The Kier molecular flexibility index (Phi) is 4.54. The second kappa shape index (κ2) is 5.58. The van der Waals surface area contributed by atoms with Crippen molar-refractivity contribution in [2.75, 3.05) is 19.6 Å². The number of nitrogens with zero attached hydrogens (tertiary/aromatic N) is 1. The third-order valence-corrected chi connectivity index (χ3v) is 5.45. The largest absolute Gasteiger partial charge is 0.371 e. The summed E-state index contributed by atoms with van der Waals surface area (Å²) < 4.78 is 6.24. The number of rotatable bonds is 4. The molecule has 2 heterocycles. The Balaban J connectivity index is 2.08. The van der Waals surface area contributed by atoms with Crippen LogP contribution < -0.4 is 5.32 Å². The highest BCUT2D eigenvalue weighted by Gasteiger charge is 2.43. The lowest BCUT2D eigenvalue weighted by Crippen LogP contribution is -2.68. The predicted molar refractivity (Wildman–Crippen MR) is 85.2 cm³/mol. The molecule has 3 nitrogen and oxygen atoms in total. The molecule has 2 saturated heterocycles. The van der Waals surface area contributed by atoms with Crippen molar-refractivity contribution < 1.29 is 4.74 Å². The van der Waals surface area contributed by atoms with Crippen molar-refractivity contribution in [3.8, 4) is 0 Å². The van der Waals surface area contributed by atoms with Crippen LogP contribution >= 0.6 is 0 Å². The van der Waals surface area contributed by atoms with Gasteiger partial charge in [-0.25, -0.2) is 0 Å². The second-order valence-corrected chi connectivity index (χ2v) is 8.09. The molecule has 2 aliphatic heterocycles. The molecule has 0 aromatic rings. The van der Waals surface area contributed by atoms with Crippen molar-refractivity contribution in [1.29, 1.82) is 0 Å². The van der Waals surface area contributed by atoms with Gasteiger partial charge in [0.1, 0.15) is 0 Å². The average molecular weight is 282 g/mol. The van der Waals surface area contributed by atoms with E-state index in [9.17, 15) is 0 Å². The minimum Gasteiger partial charge on any atom is -0.371 e. The normalized spacial score (nSPS) is 32.4. The van der Waals surface area contributed by atoms with Gasteiger partial charge in [0, 0.05) is 30.7 Å². The van der Waals surface area contributed by atoms with Gasteiger partial charge >= 0.3 is 0 Å². The van der Waals surface area contributed by atoms with Crippen molar-refractivity contribution in [2.45, 2.75) is 90.0 Å². The monoisotopic (exact) mass is 282 g/mol. The molecule has 0 spiro atoms. The fraction of sp³-hybridized carbons (Fsp3) is 1.00. The predicted octanol–water partition coefficient (Wildman–Crippen LogP) is 3.19. The van der Waals surface area contributed by atoms with E-state index in [-0.39, 0.29) is 11.1 Å². The Morgan fingerprint density at radius 1 is 1.15 bits per heavy atom. The standard InChI is InChI=1S/C17H34N2O/c1-7-17(8-2)12-18-15(3,4)13-19(17)11-14-9-10-16(5,6)20-14/h14,18H,7-13H2,1-6H3. The van der Waals surface area contributed by atoms with Crippen LogP contribution in [0.25, 0.3) is 0 Å². The van der Waals surface area contributed by atoms with Gasteiger partial charge in [-0.05, 0) is 53.4 Å². The van der Waals surface area contributed by atoms with Gasteiger partial charge in [0.15, 0.2) is 0 Å². The third-order valence-electron chi connectivity index (χ3n) is 5.45. The Morgan fingerprint density at radius 2 is 1.80 bits per heavy atom. The van der Waals surface area contributed by atoms with Crippen LogP contribution in [0.4, 0.5) is 0 Å². The zero-order valence-corrected chi connectivity index (χ0v) is 14.4. The molecule has 20 heavy (non-hydrogen) atoms. The maximum atomic E-state index is 6.24. The van der Waals surface area contributed by atoms with E-state index >= 15 is 0 Å². The summed E-state index contributed by atoms with van der Waals surface area (Å²) in [5.74, 6) is 0. The quantitative estimate of drug-likeness (QED) is 0.857. The van der Waals surface area contributed by atoms with Crippen LogP contribution in [0.15, 0.2) is 0 Å². The zero-order chi connectivity index (χ0) is 15.0. The summed E-state index contributed by atoms with van der Waals surface area (Å²) in [5, 5.41) is 3.74. The van der Waals surface area contributed by atoms with Gasteiger partial charge in [-0.1, -0.05) is 13.8 Å². The molecular weight excluding hydrogens is 248 g/mol. The third kappa shape index (κ3) is 3.37. The minimum atomic E-state index is 0.0787. The first-order valence-electron chi connectivity index (χ1n) is 8.40. The smallest absolute Gasteiger partial charge is 0.0710 e. The van der Waals surface area contributed by atoms with Crippen LogP contribution in [0.5, 0.6) is 0 Å². The molecule has 0 radical (unpaired) electrons. The number of ether oxygens (including phenoxy) is 1. The summed E-state index contributed by atoms with van der Waals surface area (Å²) in [4.78, 5) is 2.72. The lowest BCUT2D eigenvalue weighted by molar-refractivity contribution is -0.0643. The Hall–Kier alpha value is -0.120. The number of hydrogen-bond acceptors (Lipinski definition) is 3. The van der Waals surface area contributed by atoms with Gasteiger partial charge < -0.3 is 10.1 Å². The molecule has 0 bridgehead atoms. The van der Waals surface area contributed by atoms with E-state index in [0.717, 1.165) is 19.6 Å². The summed E-state index contributed by atoms with van der Waals surface area (Å²) in [6.07, 6.45) is 5.24. The van der Waals surface area contributed by atoms with E-state index < -0.39 is 0 Å². The molecule has 2 fully saturated rings. The molecule has 2 rings (SSSR count). The Labute approximate surface area is 125 Å². The lowest BCUT2D eigenvalue weighted by atomic mass is 9.84. The summed E-state index contributed by atoms with van der Waals surface area (Å²) >= 11 is 0. The van der Waals surface area contributed by atoms with Gasteiger partial charge in [-0.15, -0.1) is 0 Å². The molecule has 3 heteroatoms. The molecule has 0 saturated carbocycles. The van der Waals surface area contributed by atoms with Crippen molar-refractivity contribution in [3.05, 3.63) is 0 Å². The molecule has 2 aliphatic rings. The zero-order valence-electron chi connectivity index (χ0n) is 14.4. The fourth-order valence-corrected chi connectivity index (χ4v) is 3.87. The molecule has 1 atom stereocenters. The van der Waals surface area contributed by atoms with Gasteiger partial charge in [-0.3, -0.25) is 4.90 Å². The van der Waals surface area contributed by atoms with Crippen LogP contribution in [-0.4, -0.2) is 47.3 Å². The van der Waals surface area contributed by atoms with E-state index in [1.165, 1.54) is 25.7 Å². The van der Waals surface area contributed by atoms with E-state index in [2.05, 4.69) is 51.8 Å². The number of nitrogens with one attached hydrogen (secondary N) is 1. The number of piperazine rings is 1. The maximum absolute atomic E-state index is 6.24. The summed E-state index contributed by atoms with van der Waals surface area (Å²) in [6, 6.07) is 0. The minimum absolute atomic E-state index is 0.0787. The van der Waals surface area contributed by atoms with Crippen molar-refractivity contribution >= 4 is 0 Å². The molecule has 118 valence electrons. The number of hydrogen-bond donors (Lipinski definition) is 1. The van der Waals surface area contributed by atoms with Gasteiger partial charge in [0.05, 0.1) is 11.7 Å². The first-order valence-corrected chi connectivity index (χ1v) is 8.40. The van der Waals surface area contributed by atoms with Crippen LogP contribution in [0.1, 0.15) is 67.2 Å². The summed E-state index contributed by atoms with van der Waals surface area (Å²) in [6.45, 7) is 17.0. The highest BCUT2D eigenvalue weighted by Crippen LogP contribution is 2.34. The molecule has 0 aromatic carbocycles. The molecule has 1 N–H and O–H groups in total. The van der Waals surface area contributed by atoms with E-state index in [0.29, 0.717) is 11.6 Å². The maximum Gasteiger partial charge on any atom is 0.0710 e. The first kappa shape index (κ1) is 16.3. The Morgan fingerprint density at radius 3 is 2.30 bits per heavy atom. The van der Waals surface area contributed by atoms with Crippen LogP contribution in [-0.2, 0) is 4.74 Å². The van der Waals surface area contributed by atoms with Gasteiger partial charge in [0.2, 0.25) is 0 Å². The average Bonchev–Trinajstić information content (AvgIpc) is 2.69. The van der Waals surface area contributed by atoms with Crippen LogP contribution in [0, 0.1) is 0 Å². The highest BCUT2D eigenvalue weighted by atomic mass is 16.5. The van der Waals surface area contributed by atoms with E-state index in [1.807, 2.05) is 0 Å². The van der Waals surface area contributed by atoms with E-state index in [4.69, 9.17) is 4.74 Å². The molecule has 0 aliphatic carbocycles. The lowest BCUT2D eigenvalue weighted by Gasteiger charge is -2.53. The summed E-state index contributed by atoms with van der Waals surface area (Å²) in [7, 11) is 0. The van der Waals surface area contributed by atoms with Crippen molar-refractivity contribution in [3.63, 3.8) is 0 Å². The molecule has 1 unspecified atom stereocenters. The van der Waals surface area contributed by atoms with Crippen LogP contribution in [0.2, 0.25) is 0 Å². The second-order valence-electron chi connectivity index (χ2n) is 8.09. The fourth-order valence-electron chi connectivity index (χ4n) is 3.87. The topological polar surface area (TPSA) is 24.5 Å². The van der Waals surface area contributed by atoms with Crippen LogP contribution in [0.3, 0.4) is 0 Å². The van der Waals surface area contributed by atoms with Gasteiger partial charge in [0.25, 0.3) is 0 Å². The van der Waals surface area contributed by atoms with Crippen molar-refractivity contribution in [2.24, 2.45) is 0 Å². The molecule has 0 amide bonds. The summed E-state index contributed by atoms with van der Waals surface area (Å²) in [5.41, 5.74) is 0.600. The molecule has 0 aromatic heterocycles. The molecular formula is C17H34N2O. The van der Waals surface area contributed by atoms with Crippen molar-refractivity contribution in [1.82, 2.24) is 10.2 Å². The SMILES string of the molecule is CCC1(CC)CNC(C)(C)CN1CC1CCC(C)(C)O1.